The lowest BCUT2D eigenvalue weighted by molar-refractivity contribution is -0.0512. The van der Waals surface area contributed by atoms with Gasteiger partial charge in [0.1, 0.15) is 0 Å². The molecule has 1 aromatic heterocycles. The van der Waals surface area contributed by atoms with Crippen LogP contribution in [0.2, 0.25) is 0 Å². The highest BCUT2D eigenvalue weighted by atomic mass is 32.2. The van der Waals surface area contributed by atoms with Gasteiger partial charge in [0.05, 0.1) is 24.4 Å². The van der Waals surface area contributed by atoms with Crippen LogP contribution in [-0.4, -0.2) is 35.8 Å². The van der Waals surface area contributed by atoms with Crippen molar-refractivity contribution in [2.24, 2.45) is 5.10 Å². The fourth-order valence-electron chi connectivity index (χ4n) is 3.09. The third-order valence-electron chi connectivity index (χ3n) is 4.74. The van der Waals surface area contributed by atoms with Gasteiger partial charge >= 0.3 is 6.61 Å². The molecule has 4 rings (SSSR count). The van der Waals surface area contributed by atoms with Gasteiger partial charge in [0.15, 0.2) is 16.7 Å². The number of halogens is 2. The number of hydrogen-bond donors (Lipinski definition) is 2. The van der Waals surface area contributed by atoms with Gasteiger partial charge in [-0.15, -0.1) is 0 Å². The van der Waals surface area contributed by atoms with Crippen molar-refractivity contribution in [3.05, 3.63) is 83.4 Å². The topological polar surface area (TPSA) is 88.6 Å². The number of H-pyrrole nitrogens is 1. The number of amides is 1. The van der Waals surface area contributed by atoms with Crippen LogP contribution < -0.4 is 14.9 Å². The molecule has 0 radical (unpaired) electrons. The lowest BCUT2D eigenvalue weighted by atomic mass is 10.1. The summed E-state index contributed by atoms with van der Waals surface area (Å²) in [7, 11) is 1.34. The number of thioether (sulfide) groups is 1. The summed E-state index contributed by atoms with van der Waals surface area (Å²) < 4.78 is 34.3. The number of methoxy groups -OCH3 is 1. The zero-order valence-corrected chi connectivity index (χ0v) is 18.8. The van der Waals surface area contributed by atoms with E-state index in [9.17, 15) is 13.6 Å². The van der Waals surface area contributed by atoms with Crippen molar-refractivity contribution in [2.75, 3.05) is 7.11 Å². The molecule has 0 spiro atoms. The molecule has 4 aromatic rings. The summed E-state index contributed by atoms with van der Waals surface area (Å²) >= 11 is 1.58. The number of nitrogens with zero attached hydrogens (tertiary/aromatic N) is 2. The number of aromatic amines is 1. The number of alkyl halides is 2. The van der Waals surface area contributed by atoms with Gasteiger partial charge in [-0.25, -0.2) is 10.4 Å². The molecule has 0 aliphatic heterocycles. The minimum Gasteiger partial charge on any atom is -0.493 e. The summed E-state index contributed by atoms with van der Waals surface area (Å²) in [6.07, 6.45) is 1.38. The lowest BCUT2D eigenvalue weighted by Crippen LogP contribution is -2.17. The number of ether oxygens (including phenoxy) is 2. The molecule has 0 atom stereocenters. The van der Waals surface area contributed by atoms with Crippen LogP contribution in [0, 0.1) is 0 Å². The third kappa shape index (κ3) is 5.90. The average molecular weight is 483 g/mol. The Morgan fingerprint density at radius 2 is 1.94 bits per heavy atom. The fourth-order valence-corrected chi connectivity index (χ4v) is 3.93. The summed E-state index contributed by atoms with van der Waals surface area (Å²) in [6.45, 7) is -2.96. The van der Waals surface area contributed by atoms with Gasteiger partial charge in [0.2, 0.25) is 0 Å². The smallest absolute Gasteiger partial charge is 0.387 e. The van der Waals surface area contributed by atoms with E-state index in [-0.39, 0.29) is 17.4 Å². The zero-order valence-electron chi connectivity index (χ0n) is 18.0. The number of rotatable bonds is 9. The first-order valence-corrected chi connectivity index (χ1v) is 11.1. The van der Waals surface area contributed by atoms with Crippen LogP contribution in [0.3, 0.4) is 0 Å². The third-order valence-corrected chi connectivity index (χ3v) is 5.69. The number of aromatic nitrogens is 2. The van der Waals surface area contributed by atoms with Crippen LogP contribution in [0.4, 0.5) is 8.78 Å². The summed E-state index contributed by atoms with van der Waals surface area (Å²) in [4.78, 5) is 20.2. The molecule has 10 heteroatoms. The lowest BCUT2D eigenvalue weighted by Gasteiger charge is -2.09. The molecule has 3 aromatic carbocycles. The predicted octanol–water partition coefficient (Wildman–Crippen LogP) is 5.23. The number of nitrogens with one attached hydrogen (secondary N) is 2. The molecule has 2 N–H and O–H groups in total. The highest BCUT2D eigenvalue weighted by Crippen LogP contribution is 2.29. The van der Waals surface area contributed by atoms with Crippen LogP contribution in [0.15, 0.2) is 77.0 Å². The summed E-state index contributed by atoms with van der Waals surface area (Å²) in [5.74, 6) is 0.369. The van der Waals surface area contributed by atoms with E-state index >= 15 is 0 Å². The van der Waals surface area contributed by atoms with Crippen LogP contribution >= 0.6 is 11.8 Å². The van der Waals surface area contributed by atoms with E-state index in [4.69, 9.17) is 4.74 Å². The van der Waals surface area contributed by atoms with Gasteiger partial charge in [0.25, 0.3) is 5.91 Å². The van der Waals surface area contributed by atoms with E-state index < -0.39 is 6.61 Å². The highest BCUT2D eigenvalue weighted by molar-refractivity contribution is 7.98. The molecular formula is C24H20F2N4O3S. The van der Waals surface area contributed by atoms with Crippen LogP contribution in [0.5, 0.6) is 11.5 Å². The van der Waals surface area contributed by atoms with Crippen molar-refractivity contribution in [3.8, 4) is 11.5 Å². The molecule has 0 saturated heterocycles. The van der Waals surface area contributed by atoms with Crippen molar-refractivity contribution in [2.45, 2.75) is 17.5 Å². The van der Waals surface area contributed by atoms with E-state index in [0.717, 1.165) is 21.8 Å². The van der Waals surface area contributed by atoms with Gasteiger partial charge in [0, 0.05) is 11.3 Å². The van der Waals surface area contributed by atoms with Gasteiger partial charge < -0.3 is 14.5 Å². The van der Waals surface area contributed by atoms with Crippen molar-refractivity contribution in [3.63, 3.8) is 0 Å². The molecule has 0 aliphatic carbocycles. The van der Waals surface area contributed by atoms with Crippen LogP contribution in [0.25, 0.3) is 11.0 Å². The summed E-state index contributed by atoms with van der Waals surface area (Å²) in [5.41, 5.74) is 6.40. The molecule has 1 heterocycles. The maximum Gasteiger partial charge on any atom is 0.387 e. The van der Waals surface area contributed by atoms with Crippen LogP contribution in [-0.2, 0) is 5.75 Å². The Labute approximate surface area is 198 Å². The summed E-state index contributed by atoms with van der Waals surface area (Å²) in [5, 5.41) is 4.75. The van der Waals surface area contributed by atoms with Crippen molar-refractivity contribution < 1.29 is 23.0 Å². The normalized spacial score (nSPS) is 11.3. The fraction of sp³-hybridized carbons (Fsp3) is 0.125. The minimum absolute atomic E-state index is 0.0859. The van der Waals surface area contributed by atoms with Crippen LogP contribution in [0.1, 0.15) is 21.5 Å². The Balaban J connectivity index is 1.31. The van der Waals surface area contributed by atoms with Gasteiger partial charge in [-0.2, -0.15) is 13.9 Å². The van der Waals surface area contributed by atoms with Gasteiger partial charge in [-0.05, 0) is 53.6 Å². The van der Waals surface area contributed by atoms with Crippen molar-refractivity contribution in [1.82, 2.24) is 15.4 Å². The number of fused-ring (bicyclic) bond motifs is 1. The van der Waals surface area contributed by atoms with Crippen molar-refractivity contribution >= 4 is 34.9 Å². The molecule has 0 fully saturated rings. The molecule has 174 valence electrons. The molecule has 0 unspecified atom stereocenters. The molecule has 7 nitrogen and oxygen atoms in total. The van der Waals surface area contributed by atoms with E-state index in [0.29, 0.717) is 16.9 Å². The standard InChI is InChI=1S/C24H20F2N4O3S/c1-32-21-12-16(8-11-20(21)33-23(25)26)13-27-30-22(31)17-9-6-15(7-10-17)14-34-24-28-18-4-2-3-5-19(18)29-24/h2-13,23H,14H2,1H3,(H,28,29)(H,30,31). The van der Waals surface area contributed by atoms with E-state index in [2.05, 4.69) is 25.2 Å². The van der Waals surface area contributed by atoms with Gasteiger partial charge in [-0.1, -0.05) is 36.0 Å². The second-order valence-corrected chi connectivity index (χ2v) is 8.00. The van der Waals surface area contributed by atoms with E-state index in [1.165, 1.54) is 31.5 Å². The largest absolute Gasteiger partial charge is 0.493 e. The molecule has 0 saturated carbocycles. The SMILES string of the molecule is COc1cc(C=NNC(=O)c2ccc(CSc3nc4ccccc4[nH]3)cc2)ccc1OC(F)F. The number of imidazole rings is 1. The maximum absolute atomic E-state index is 12.4. The molecular weight excluding hydrogens is 462 g/mol. The minimum atomic E-state index is -2.96. The summed E-state index contributed by atoms with van der Waals surface area (Å²) in [6, 6.07) is 19.4. The molecule has 34 heavy (non-hydrogen) atoms. The number of benzene rings is 3. The van der Waals surface area contributed by atoms with Gasteiger partial charge in [-0.3, -0.25) is 4.79 Å². The average Bonchev–Trinajstić information content (AvgIpc) is 3.26. The second kappa shape index (κ2) is 10.8. The van der Waals surface area contributed by atoms with E-state index in [1.807, 2.05) is 36.4 Å². The number of carbonyl (C=O) groups excluding carboxylic acids is 1. The highest BCUT2D eigenvalue weighted by Gasteiger charge is 2.11. The first kappa shape index (κ1) is 23.2. The molecule has 0 bridgehead atoms. The molecule has 1 amide bonds. The zero-order chi connectivity index (χ0) is 23.9. The Kier molecular flexibility index (Phi) is 7.38. The second-order valence-electron chi connectivity index (χ2n) is 7.03. The Morgan fingerprint density at radius 3 is 2.68 bits per heavy atom. The maximum atomic E-state index is 12.4. The number of carbonyl (C=O) groups is 1. The Morgan fingerprint density at radius 1 is 1.15 bits per heavy atom. The Bertz CT molecular complexity index is 1280. The predicted molar refractivity (Wildman–Crippen MR) is 127 cm³/mol. The van der Waals surface area contributed by atoms with E-state index in [1.54, 1.807) is 23.9 Å². The Hall–Kier alpha value is -3.92. The van der Waals surface area contributed by atoms with Crippen molar-refractivity contribution in [1.29, 1.82) is 0 Å². The molecule has 0 aliphatic rings. The number of para-hydroxylation sites is 2. The number of hydrogen-bond acceptors (Lipinski definition) is 6. The quantitative estimate of drug-likeness (QED) is 0.194. The first-order valence-electron chi connectivity index (χ1n) is 10.1. The number of hydrazone groups is 1. The monoisotopic (exact) mass is 482 g/mol. The first-order chi connectivity index (χ1) is 16.5.